The Balaban J connectivity index is 1.45. The highest BCUT2D eigenvalue weighted by Gasteiger charge is 2.44. The zero-order chi connectivity index (χ0) is 33.9. The summed E-state index contributed by atoms with van der Waals surface area (Å²) < 4.78 is 9.34. The largest absolute Gasteiger partial charge is 0.457 e. The van der Waals surface area contributed by atoms with E-state index in [0.717, 1.165) is 62.4 Å². The second-order valence-corrected chi connectivity index (χ2v) is 14.2. The van der Waals surface area contributed by atoms with Gasteiger partial charge in [0.15, 0.2) is 5.71 Å². The zero-order valence-corrected chi connectivity index (χ0v) is 30.2. The van der Waals surface area contributed by atoms with Gasteiger partial charge in [-0.3, -0.25) is 0 Å². The molecule has 0 atom stereocenters. The number of allylic oxidation sites excluding steroid dienone is 7. The number of anilines is 1. The summed E-state index contributed by atoms with van der Waals surface area (Å²) in [4.78, 5) is 6.64. The second kappa shape index (κ2) is 14.0. The van der Waals surface area contributed by atoms with Crippen molar-refractivity contribution in [1.29, 1.82) is 0 Å². The third-order valence-corrected chi connectivity index (χ3v) is 10.2. The van der Waals surface area contributed by atoms with Crippen molar-refractivity contribution in [2.75, 3.05) is 18.0 Å². The fourth-order valence-corrected chi connectivity index (χ4v) is 7.79. The average molecular weight is 655 g/mol. The van der Waals surface area contributed by atoms with Crippen LogP contribution in [-0.2, 0) is 10.8 Å². The van der Waals surface area contributed by atoms with Gasteiger partial charge in [0, 0.05) is 47.5 Å². The first kappa shape index (κ1) is 33.6. The van der Waals surface area contributed by atoms with Crippen LogP contribution in [0.25, 0.3) is 0 Å². The molecule has 0 fully saturated rings. The van der Waals surface area contributed by atoms with E-state index in [-0.39, 0.29) is 10.8 Å². The highest BCUT2D eigenvalue weighted by Crippen LogP contribution is 2.48. The molecule has 5 heteroatoms. The molecule has 0 saturated carbocycles. The number of benzene rings is 3. The van der Waals surface area contributed by atoms with E-state index in [0.29, 0.717) is 0 Å². The molecule has 6 rings (SSSR count). The van der Waals surface area contributed by atoms with Crippen molar-refractivity contribution in [3.8, 4) is 5.75 Å². The minimum Gasteiger partial charge on any atom is -0.457 e. The minimum absolute atomic E-state index is 0.0918. The lowest BCUT2D eigenvalue weighted by Crippen LogP contribution is -2.28. The third kappa shape index (κ3) is 6.30. The summed E-state index contributed by atoms with van der Waals surface area (Å²) in [5, 5.41) is 2.46. The molecule has 2 heterocycles. The van der Waals surface area contributed by atoms with Gasteiger partial charge in [0.05, 0.1) is 16.3 Å². The van der Waals surface area contributed by atoms with E-state index in [1.807, 2.05) is 24.3 Å². The van der Waals surface area contributed by atoms with E-state index >= 15 is 0 Å². The first-order valence-electron chi connectivity index (χ1n) is 17.5. The third-order valence-electron chi connectivity index (χ3n) is 10.1. The number of hydrogen-bond donors (Lipinski definition) is 0. The minimum atomic E-state index is -0.0918. The molecule has 0 bridgehead atoms. The van der Waals surface area contributed by atoms with Crippen LogP contribution >= 0.6 is 12.2 Å². The summed E-state index contributed by atoms with van der Waals surface area (Å²) in [7, 11) is 0. The van der Waals surface area contributed by atoms with E-state index in [2.05, 4.69) is 134 Å². The van der Waals surface area contributed by atoms with Crippen LogP contribution in [0.4, 0.5) is 17.1 Å². The molecule has 0 aromatic heterocycles. The van der Waals surface area contributed by atoms with Gasteiger partial charge in [0.2, 0.25) is 5.69 Å². The highest BCUT2D eigenvalue weighted by molar-refractivity contribution is 7.78. The Morgan fingerprint density at radius 1 is 0.854 bits per heavy atom. The molecule has 0 N–H and O–H groups in total. The van der Waals surface area contributed by atoms with Crippen molar-refractivity contribution in [2.45, 2.75) is 84.5 Å². The van der Waals surface area contributed by atoms with Gasteiger partial charge in [0.25, 0.3) is 0 Å². The molecule has 1 aliphatic carbocycles. The number of thiocarbonyl (C=S) groups is 1. The van der Waals surface area contributed by atoms with Gasteiger partial charge in [-0.15, -0.1) is 0 Å². The molecule has 0 spiro atoms. The first-order valence-corrected chi connectivity index (χ1v) is 17.9. The summed E-state index contributed by atoms with van der Waals surface area (Å²) in [6.45, 7) is 15.9. The molecule has 2 aliphatic heterocycles. The predicted octanol–water partition coefficient (Wildman–Crippen LogP) is 11.3. The summed E-state index contributed by atoms with van der Waals surface area (Å²) >= 11 is 4.82. The lowest BCUT2D eigenvalue weighted by Gasteiger charge is -2.27. The summed E-state index contributed by atoms with van der Waals surface area (Å²) in [5.74, 6) is 1.74. The van der Waals surface area contributed by atoms with Gasteiger partial charge in [-0.2, -0.15) is 9.57 Å². The Hall–Kier alpha value is -4.31. The SMILES string of the molecule is CCCN1/C(=C/C=C2\CCCC(/C=C/C3=[N+](CCC)c4ccccc4C3(C)C)=C2Oc2ccc(N=C=S)cc2)C(C)(C)c2ccccc21. The van der Waals surface area contributed by atoms with Crippen LogP contribution in [0.2, 0.25) is 0 Å². The fourth-order valence-electron chi connectivity index (χ4n) is 7.68. The Morgan fingerprint density at radius 2 is 1.58 bits per heavy atom. The average Bonchev–Trinajstić information content (AvgIpc) is 3.43. The molecule has 3 aromatic carbocycles. The number of hydrogen-bond acceptors (Lipinski definition) is 4. The van der Waals surface area contributed by atoms with Crippen molar-refractivity contribution in [3.63, 3.8) is 0 Å². The van der Waals surface area contributed by atoms with Gasteiger partial charge >= 0.3 is 0 Å². The Kier molecular flexibility index (Phi) is 9.83. The van der Waals surface area contributed by atoms with Crippen molar-refractivity contribution in [2.24, 2.45) is 4.99 Å². The number of ether oxygens (including phenoxy) is 1. The zero-order valence-electron chi connectivity index (χ0n) is 29.3. The Morgan fingerprint density at radius 3 is 2.31 bits per heavy atom. The van der Waals surface area contributed by atoms with Crippen LogP contribution < -0.4 is 9.64 Å². The highest BCUT2D eigenvalue weighted by atomic mass is 32.1. The number of isothiocyanates is 1. The number of fused-ring (bicyclic) bond motifs is 2. The topological polar surface area (TPSA) is 27.8 Å². The number of rotatable bonds is 10. The molecule has 3 aromatic rings. The number of nitrogens with zero attached hydrogens (tertiary/aromatic N) is 3. The Labute approximate surface area is 292 Å². The van der Waals surface area contributed by atoms with E-state index in [1.54, 1.807) is 0 Å². The maximum Gasteiger partial charge on any atom is 0.209 e. The summed E-state index contributed by atoms with van der Waals surface area (Å²) in [6.07, 6.45) is 14.5. The summed E-state index contributed by atoms with van der Waals surface area (Å²) in [5.41, 5.74) is 11.1. The number of aliphatic imine (C=N–C) groups is 1. The normalized spacial score (nSPS) is 19.7. The van der Waals surface area contributed by atoms with Crippen molar-refractivity contribution in [3.05, 3.63) is 131 Å². The molecule has 48 heavy (non-hydrogen) atoms. The molecule has 3 aliphatic rings. The van der Waals surface area contributed by atoms with E-state index in [1.165, 1.54) is 45.1 Å². The van der Waals surface area contributed by atoms with Gasteiger partial charge < -0.3 is 9.64 Å². The molecule has 0 radical (unpaired) electrons. The standard InChI is InChI=1S/C43H48N3OS/c1-7-28-45-37-18-11-9-16-35(37)42(3,4)39(45)26-20-31-14-13-15-32(41(31)47-34-24-22-33(23-25-34)44-30-48)21-27-40-43(5,6)36-17-10-12-19-38(36)46(40)29-8-2/h9-12,16-27H,7-8,13-15,28-29H2,1-6H3/q+1. The van der Waals surface area contributed by atoms with Crippen LogP contribution in [0.1, 0.15) is 84.8 Å². The predicted molar refractivity (Wildman–Crippen MR) is 205 cm³/mol. The number of para-hydroxylation sites is 2. The van der Waals surface area contributed by atoms with Gasteiger partial charge in [-0.05, 0) is 111 Å². The molecular formula is C43H48N3OS+. The second-order valence-electron chi connectivity index (χ2n) is 14.1. The molecule has 0 unspecified atom stereocenters. The molecule has 0 amide bonds. The fraction of sp³-hybridized carbons (Fsp3) is 0.349. The van der Waals surface area contributed by atoms with Gasteiger partial charge in [-0.25, -0.2) is 0 Å². The van der Waals surface area contributed by atoms with Crippen molar-refractivity contribution < 1.29 is 9.31 Å². The maximum absolute atomic E-state index is 6.83. The smallest absolute Gasteiger partial charge is 0.209 e. The van der Waals surface area contributed by atoms with E-state index < -0.39 is 0 Å². The quantitative estimate of drug-likeness (QED) is 0.124. The lowest BCUT2D eigenvalue weighted by atomic mass is 9.81. The molecule has 4 nitrogen and oxygen atoms in total. The van der Waals surface area contributed by atoms with Crippen LogP contribution in [0.5, 0.6) is 5.75 Å². The lowest BCUT2D eigenvalue weighted by molar-refractivity contribution is -0.437. The molecule has 246 valence electrons. The van der Waals surface area contributed by atoms with Crippen LogP contribution in [-0.4, -0.2) is 28.5 Å². The first-order chi connectivity index (χ1) is 23.2. The van der Waals surface area contributed by atoms with E-state index in [4.69, 9.17) is 17.0 Å². The van der Waals surface area contributed by atoms with Crippen LogP contribution in [0, 0.1) is 0 Å². The van der Waals surface area contributed by atoms with Crippen molar-refractivity contribution in [1.82, 2.24) is 0 Å². The van der Waals surface area contributed by atoms with Gasteiger partial charge in [-0.1, -0.05) is 70.2 Å². The Bertz CT molecular complexity index is 1900. The van der Waals surface area contributed by atoms with Gasteiger partial charge in [0.1, 0.15) is 18.1 Å². The van der Waals surface area contributed by atoms with Crippen molar-refractivity contribution >= 4 is 40.2 Å². The monoisotopic (exact) mass is 654 g/mol. The maximum atomic E-state index is 6.83. The van der Waals surface area contributed by atoms with Crippen LogP contribution in [0.15, 0.2) is 125 Å². The summed E-state index contributed by atoms with van der Waals surface area (Å²) in [6, 6.07) is 25.5. The van der Waals surface area contributed by atoms with E-state index in [9.17, 15) is 0 Å². The van der Waals surface area contributed by atoms with Crippen LogP contribution in [0.3, 0.4) is 0 Å². The molecule has 0 saturated heterocycles. The molecular weight excluding hydrogens is 607 g/mol.